The number of nitrogens with two attached hydrogens (primary N) is 1. The molecular formula is C25H26FN3O2. The van der Waals surface area contributed by atoms with Crippen molar-refractivity contribution >= 4 is 22.4 Å². The number of ether oxygens (including phenoxy) is 1. The number of fused-ring (bicyclic) bond motifs is 1. The smallest absolute Gasteiger partial charge is 0.147 e. The first-order valence-electron chi connectivity index (χ1n) is 10.4. The molecule has 0 amide bonds. The van der Waals surface area contributed by atoms with Gasteiger partial charge in [-0.1, -0.05) is 36.4 Å². The Labute approximate surface area is 181 Å². The quantitative estimate of drug-likeness (QED) is 0.496. The van der Waals surface area contributed by atoms with Crippen LogP contribution in [0.15, 0.2) is 66.4 Å². The highest BCUT2D eigenvalue weighted by Crippen LogP contribution is 2.31. The Balaban J connectivity index is 1.50. The molecule has 31 heavy (non-hydrogen) atoms. The first-order valence-corrected chi connectivity index (χ1v) is 10.4. The van der Waals surface area contributed by atoms with E-state index in [9.17, 15) is 9.18 Å². The van der Waals surface area contributed by atoms with Gasteiger partial charge in [0.05, 0.1) is 6.04 Å². The van der Waals surface area contributed by atoms with E-state index in [1.807, 2.05) is 48.2 Å². The van der Waals surface area contributed by atoms with Crippen LogP contribution < -0.4 is 10.5 Å². The lowest BCUT2D eigenvalue weighted by Crippen LogP contribution is -2.55. The summed E-state index contributed by atoms with van der Waals surface area (Å²) in [7, 11) is 0. The Hall–Kier alpha value is -3.34. The predicted molar refractivity (Wildman–Crippen MR) is 121 cm³/mol. The molecule has 4 rings (SSSR count). The molecule has 0 aliphatic carbocycles. The zero-order valence-corrected chi connectivity index (χ0v) is 17.7. The summed E-state index contributed by atoms with van der Waals surface area (Å²) in [6.07, 6.45) is 0. The summed E-state index contributed by atoms with van der Waals surface area (Å²) in [6, 6.07) is 17.9. The molecule has 1 aliphatic heterocycles. The molecule has 160 valence electrons. The number of hydrogen-bond acceptors (Lipinski definition) is 5. The lowest BCUT2D eigenvalue weighted by molar-refractivity contribution is 0.0291. The maximum atomic E-state index is 13.2. The van der Waals surface area contributed by atoms with E-state index in [0.29, 0.717) is 24.7 Å². The third-order valence-electron chi connectivity index (χ3n) is 5.96. The van der Waals surface area contributed by atoms with Gasteiger partial charge in [-0.3, -0.25) is 4.90 Å². The third-order valence-corrected chi connectivity index (χ3v) is 5.96. The van der Waals surface area contributed by atoms with Crippen LogP contribution in [-0.4, -0.2) is 41.1 Å². The van der Waals surface area contributed by atoms with E-state index in [-0.39, 0.29) is 17.9 Å². The fourth-order valence-electron chi connectivity index (χ4n) is 4.16. The molecule has 1 fully saturated rings. The number of piperazine rings is 1. The fourth-order valence-corrected chi connectivity index (χ4v) is 4.16. The Morgan fingerprint density at radius 2 is 1.77 bits per heavy atom. The number of carbonyl (C=O) groups excluding carboxylic acids is 1. The van der Waals surface area contributed by atoms with E-state index in [1.165, 1.54) is 12.1 Å². The summed E-state index contributed by atoms with van der Waals surface area (Å²) in [4.78, 5) is 16.0. The van der Waals surface area contributed by atoms with Crippen molar-refractivity contribution in [2.24, 2.45) is 0 Å². The number of benzene rings is 3. The maximum absolute atomic E-state index is 13.2. The van der Waals surface area contributed by atoms with E-state index < -0.39 is 0 Å². The standard InChI is InChI=1S/C25H26FN3O2/c1-17-13-28(16-31-25-12-11-23(27)21-5-3-4-6-22(21)25)18(2)24(15-30)29(17)14-19-7-9-20(26)10-8-19/h3-12,17-18H,13-14,16,27H2,1-2H3/t17-,18+/m0/s1. The van der Waals surface area contributed by atoms with Crippen molar-refractivity contribution in [1.82, 2.24) is 9.80 Å². The van der Waals surface area contributed by atoms with E-state index in [2.05, 4.69) is 17.8 Å². The highest BCUT2D eigenvalue weighted by Gasteiger charge is 2.34. The van der Waals surface area contributed by atoms with Gasteiger partial charge in [-0.25, -0.2) is 9.18 Å². The highest BCUT2D eigenvalue weighted by molar-refractivity contribution is 5.96. The Morgan fingerprint density at radius 3 is 2.48 bits per heavy atom. The topological polar surface area (TPSA) is 58.8 Å². The van der Waals surface area contributed by atoms with E-state index >= 15 is 0 Å². The van der Waals surface area contributed by atoms with Crippen molar-refractivity contribution in [2.75, 3.05) is 19.0 Å². The Bertz CT molecular complexity index is 1130. The van der Waals surface area contributed by atoms with Crippen molar-refractivity contribution < 1.29 is 13.9 Å². The third kappa shape index (κ3) is 4.26. The van der Waals surface area contributed by atoms with E-state index in [0.717, 1.165) is 28.6 Å². The zero-order chi connectivity index (χ0) is 22.0. The molecule has 0 saturated carbocycles. The molecule has 0 spiro atoms. The normalized spacial score (nSPS) is 19.5. The van der Waals surface area contributed by atoms with Crippen LogP contribution in [0.3, 0.4) is 0 Å². The van der Waals surface area contributed by atoms with Crippen LogP contribution in [0.25, 0.3) is 10.8 Å². The van der Waals surface area contributed by atoms with E-state index in [4.69, 9.17) is 10.5 Å². The Morgan fingerprint density at radius 1 is 1.06 bits per heavy atom. The number of halogens is 1. The summed E-state index contributed by atoms with van der Waals surface area (Å²) in [5.74, 6) is 2.63. The summed E-state index contributed by atoms with van der Waals surface area (Å²) < 4.78 is 19.4. The number of anilines is 1. The van der Waals surface area contributed by atoms with Crippen LogP contribution >= 0.6 is 0 Å². The molecular weight excluding hydrogens is 393 g/mol. The lowest BCUT2D eigenvalue weighted by atomic mass is 10.0. The number of nitrogens with zero attached hydrogens (tertiary/aromatic N) is 2. The number of hydrogen-bond donors (Lipinski definition) is 1. The van der Waals surface area contributed by atoms with Crippen LogP contribution in [0.5, 0.6) is 5.75 Å². The van der Waals surface area contributed by atoms with Gasteiger partial charge in [-0.05, 0) is 43.7 Å². The SMILES string of the molecule is C[C@@H]1C(=C=O)N(Cc2ccc(F)cc2)[C@@H](C)CN1COc1ccc(N)c2ccccc12. The van der Waals surface area contributed by atoms with Gasteiger partial charge in [-0.15, -0.1) is 0 Å². The summed E-state index contributed by atoms with van der Waals surface area (Å²) >= 11 is 0. The van der Waals surface area contributed by atoms with Gasteiger partial charge < -0.3 is 15.4 Å². The molecule has 1 heterocycles. The molecule has 3 aromatic rings. The minimum Gasteiger partial charge on any atom is -0.477 e. The molecule has 0 radical (unpaired) electrons. The number of rotatable bonds is 5. The second-order valence-electron chi connectivity index (χ2n) is 8.01. The van der Waals surface area contributed by atoms with Crippen molar-refractivity contribution in [3.63, 3.8) is 0 Å². The molecule has 1 saturated heterocycles. The van der Waals surface area contributed by atoms with Gasteiger partial charge in [0.2, 0.25) is 0 Å². The van der Waals surface area contributed by atoms with Crippen molar-refractivity contribution in [3.8, 4) is 5.75 Å². The van der Waals surface area contributed by atoms with Crippen LogP contribution in [0.1, 0.15) is 19.4 Å². The van der Waals surface area contributed by atoms with Gasteiger partial charge in [0.25, 0.3) is 0 Å². The minimum atomic E-state index is -0.270. The molecule has 0 aromatic heterocycles. The number of nitrogen functional groups attached to an aromatic ring is 1. The minimum absolute atomic E-state index is 0.0736. The first-order chi connectivity index (χ1) is 15.0. The van der Waals surface area contributed by atoms with Crippen LogP contribution in [0, 0.1) is 5.82 Å². The van der Waals surface area contributed by atoms with Gasteiger partial charge in [-0.2, -0.15) is 0 Å². The highest BCUT2D eigenvalue weighted by atomic mass is 19.1. The Kier molecular flexibility index (Phi) is 5.94. The second-order valence-corrected chi connectivity index (χ2v) is 8.01. The van der Waals surface area contributed by atoms with E-state index in [1.54, 1.807) is 12.1 Å². The molecule has 0 bridgehead atoms. The second kappa shape index (κ2) is 8.80. The van der Waals surface area contributed by atoms with Crippen LogP contribution in [0.2, 0.25) is 0 Å². The van der Waals surface area contributed by atoms with Crippen molar-refractivity contribution in [3.05, 3.63) is 77.7 Å². The van der Waals surface area contributed by atoms with Gasteiger partial charge in [0.15, 0.2) is 0 Å². The average Bonchev–Trinajstić information content (AvgIpc) is 2.78. The van der Waals surface area contributed by atoms with Crippen molar-refractivity contribution in [1.29, 1.82) is 0 Å². The molecule has 2 N–H and O–H groups in total. The van der Waals surface area contributed by atoms with Gasteiger partial charge >= 0.3 is 0 Å². The largest absolute Gasteiger partial charge is 0.477 e. The monoisotopic (exact) mass is 419 g/mol. The summed E-state index contributed by atoms with van der Waals surface area (Å²) in [5, 5.41) is 1.92. The fraction of sp³-hybridized carbons (Fsp3) is 0.280. The molecule has 3 aromatic carbocycles. The maximum Gasteiger partial charge on any atom is 0.147 e. The zero-order valence-electron chi connectivity index (χ0n) is 17.7. The van der Waals surface area contributed by atoms with Crippen LogP contribution in [-0.2, 0) is 11.3 Å². The molecule has 5 nitrogen and oxygen atoms in total. The van der Waals surface area contributed by atoms with Gasteiger partial charge in [0.1, 0.15) is 29.9 Å². The molecule has 2 atom stereocenters. The van der Waals surface area contributed by atoms with Crippen LogP contribution in [0.4, 0.5) is 10.1 Å². The lowest BCUT2D eigenvalue weighted by Gasteiger charge is -2.45. The first kappa shape index (κ1) is 20.9. The molecule has 0 unspecified atom stereocenters. The summed E-state index contributed by atoms with van der Waals surface area (Å²) in [5.41, 5.74) is 8.33. The summed E-state index contributed by atoms with van der Waals surface area (Å²) in [6.45, 7) is 5.65. The molecule has 6 heteroatoms. The van der Waals surface area contributed by atoms with Gasteiger partial charge in [0, 0.05) is 35.6 Å². The molecule has 1 aliphatic rings. The predicted octanol–water partition coefficient (Wildman–Crippen LogP) is 4.21. The van der Waals surface area contributed by atoms with Crippen molar-refractivity contribution in [2.45, 2.75) is 32.5 Å². The average molecular weight is 420 g/mol.